The standard InChI is InChI=1S/C22H25F2N3O3/c1-10-18-12(20(28)13(21(29)30)7-27(18)17-6-15(17)23)5-16(24)19(10)26-8-14(11-3-4-11)22(2,25)9-26/h5,7,11,14-15,17H,3-4,6,8-9,25H2,1-2H3,(H,29,30)/t14?,15-,17+,22?/m0/s1. The maximum absolute atomic E-state index is 15.3. The first-order chi connectivity index (χ1) is 14.1. The molecule has 1 aromatic carbocycles. The first kappa shape index (κ1) is 19.5. The zero-order valence-electron chi connectivity index (χ0n) is 17.0. The summed E-state index contributed by atoms with van der Waals surface area (Å²) >= 11 is 0. The van der Waals surface area contributed by atoms with Crippen molar-refractivity contribution in [1.82, 2.24) is 4.57 Å². The number of rotatable bonds is 4. The Balaban J connectivity index is 1.71. The average Bonchev–Trinajstić information content (AvgIpc) is 3.56. The van der Waals surface area contributed by atoms with Gasteiger partial charge in [-0.2, -0.15) is 0 Å². The predicted octanol–water partition coefficient (Wildman–Crippen LogP) is 2.99. The number of fused-ring (bicyclic) bond motifs is 1. The van der Waals surface area contributed by atoms with E-state index in [9.17, 15) is 19.1 Å². The molecule has 2 aliphatic carbocycles. The van der Waals surface area contributed by atoms with Crippen molar-refractivity contribution in [3.05, 3.63) is 39.4 Å². The zero-order valence-corrected chi connectivity index (χ0v) is 17.0. The number of anilines is 1. The minimum absolute atomic E-state index is 0.0267. The van der Waals surface area contributed by atoms with Crippen LogP contribution in [-0.2, 0) is 0 Å². The molecule has 4 atom stereocenters. The van der Waals surface area contributed by atoms with Crippen LogP contribution in [0.2, 0.25) is 0 Å². The quantitative estimate of drug-likeness (QED) is 0.799. The van der Waals surface area contributed by atoms with Gasteiger partial charge in [-0.05, 0) is 50.2 Å². The smallest absolute Gasteiger partial charge is 0.341 e. The number of aromatic nitrogens is 1. The van der Waals surface area contributed by atoms with Gasteiger partial charge in [0.1, 0.15) is 17.6 Å². The Bertz CT molecular complexity index is 1140. The normalized spacial score (nSPS) is 30.8. The summed E-state index contributed by atoms with van der Waals surface area (Å²) in [5.41, 5.74) is 6.18. The lowest BCUT2D eigenvalue weighted by molar-refractivity contribution is 0.0694. The first-order valence-electron chi connectivity index (χ1n) is 10.4. The van der Waals surface area contributed by atoms with E-state index < -0.39 is 40.5 Å². The molecule has 0 spiro atoms. The lowest BCUT2D eigenvalue weighted by atomic mass is 9.86. The lowest BCUT2D eigenvalue weighted by Crippen LogP contribution is -2.45. The van der Waals surface area contributed by atoms with Crippen LogP contribution in [0.4, 0.5) is 14.5 Å². The molecular weight excluding hydrogens is 392 g/mol. The van der Waals surface area contributed by atoms with Crippen molar-refractivity contribution in [2.45, 2.75) is 50.9 Å². The van der Waals surface area contributed by atoms with Gasteiger partial charge in [0.15, 0.2) is 0 Å². The van der Waals surface area contributed by atoms with Crippen LogP contribution in [0.25, 0.3) is 10.9 Å². The van der Waals surface area contributed by atoms with Gasteiger partial charge in [-0.1, -0.05) is 0 Å². The summed E-state index contributed by atoms with van der Waals surface area (Å²) in [4.78, 5) is 26.2. The van der Waals surface area contributed by atoms with Gasteiger partial charge in [0, 0.05) is 36.6 Å². The molecule has 3 fully saturated rings. The number of aromatic carboxylic acids is 1. The van der Waals surface area contributed by atoms with E-state index in [0.29, 0.717) is 35.8 Å². The topological polar surface area (TPSA) is 88.6 Å². The molecule has 1 aliphatic heterocycles. The van der Waals surface area contributed by atoms with Crippen LogP contribution in [0.1, 0.15) is 48.1 Å². The number of hydrogen-bond acceptors (Lipinski definition) is 4. The molecule has 8 heteroatoms. The van der Waals surface area contributed by atoms with Gasteiger partial charge >= 0.3 is 5.97 Å². The molecule has 0 radical (unpaired) electrons. The third-order valence-electron chi connectivity index (χ3n) is 7.05. The second-order valence-corrected chi connectivity index (χ2v) is 9.46. The van der Waals surface area contributed by atoms with E-state index in [0.717, 1.165) is 18.9 Å². The number of alkyl halides is 1. The molecule has 2 heterocycles. The highest BCUT2D eigenvalue weighted by Gasteiger charge is 2.48. The van der Waals surface area contributed by atoms with E-state index in [2.05, 4.69) is 0 Å². The first-order valence-corrected chi connectivity index (χ1v) is 10.4. The van der Waals surface area contributed by atoms with Gasteiger partial charge in [0.05, 0.1) is 17.2 Å². The molecule has 30 heavy (non-hydrogen) atoms. The summed E-state index contributed by atoms with van der Waals surface area (Å²) in [7, 11) is 0. The summed E-state index contributed by atoms with van der Waals surface area (Å²) in [5, 5.41) is 9.38. The maximum Gasteiger partial charge on any atom is 0.341 e. The number of aryl methyl sites for hydroxylation is 1. The lowest BCUT2D eigenvalue weighted by Gasteiger charge is -2.26. The molecular formula is C22H25F2N3O3. The van der Waals surface area contributed by atoms with Crippen molar-refractivity contribution in [1.29, 1.82) is 0 Å². The van der Waals surface area contributed by atoms with Crippen LogP contribution < -0.4 is 16.1 Å². The number of nitrogens with two attached hydrogens (primary N) is 1. The third-order valence-corrected chi connectivity index (χ3v) is 7.05. The van der Waals surface area contributed by atoms with E-state index in [1.165, 1.54) is 10.8 Å². The zero-order chi connectivity index (χ0) is 21.5. The number of carbonyl (C=O) groups is 1. The molecule has 1 saturated heterocycles. The van der Waals surface area contributed by atoms with E-state index in [-0.39, 0.29) is 17.7 Å². The largest absolute Gasteiger partial charge is 0.477 e. The number of hydrogen-bond donors (Lipinski definition) is 2. The van der Waals surface area contributed by atoms with Crippen LogP contribution in [-0.4, -0.2) is 40.4 Å². The molecule has 3 N–H and O–H groups in total. The molecule has 3 aliphatic rings. The molecule has 2 saturated carbocycles. The number of pyridine rings is 1. The SMILES string of the molecule is Cc1c(N2CC(C3CC3)C(C)(N)C2)c(F)cc2c(=O)c(C(=O)O)cn([C@@H]3C[C@@H]3F)c12. The number of nitrogens with zero attached hydrogens (tertiary/aromatic N) is 2. The van der Waals surface area contributed by atoms with E-state index in [1.807, 2.05) is 11.8 Å². The van der Waals surface area contributed by atoms with Crippen molar-refractivity contribution in [2.75, 3.05) is 18.0 Å². The molecule has 2 aromatic rings. The third kappa shape index (κ3) is 2.84. The Morgan fingerprint density at radius 3 is 2.60 bits per heavy atom. The van der Waals surface area contributed by atoms with Crippen LogP contribution in [0, 0.1) is 24.6 Å². The monoisotopic (exact) mass is 417 g/mol. The van der Waals surface area contributed by atoms with Crippen LogP contribution in [0.15, 0.2) is 17.1 Å². The van der Waals surface area contributed by atoms with Gasteiger partial charge < -0.3 is 20.3 Å². The average molecular weight is 417 g/mol. The minimum Gasteiger partial charge on any atom is -0.477 e. The fraction of sp³-hybridized carbons (Fsp3) is 0.545. The van der Waals surface area contributed by atoms with Gasteiger partial charge in [0.25, 0.3) is 0 Å². The van der Waals surface area contributed by atoms with Crippen LogP contribution in [0.3, 0.4) is 0 Å². The Kier molecular flexibility index (Phi) is 4.07. The highest BCUT2D eigenvalue weighted by atomic mass is 19.1. The molecule has 2 unspecified atom stereocenters. The number of halogens is 2. The fourth-order valence-corrected chi connectivity index (χ4v) is 5.31. The van der Waals surface area contributed by atoms with Gasteiger partial charge in [-0.25, -0.2) is 13.6 Å². The van der Waals surface area contributed by atoms with Gasteiger partial charge in [0.2, 0.25) is 5.43 Å². The molecule has 160 valence electrons. The van der Waals surface area contributed by atoms with E-state index in [1.54, 1.807) is 6.92 Å². The highest BCUT2D eigenvalue weighted by Crippen LogP contribution is 2.47. The molecule has 6 nitrogen and oxygen atoms in total. The van der Waals surface area contributed by atoms with Crippen LogP contribution >= 0.6 is 0 Å². The Labute approximate surface area is 172 Å². The summed E-state index contributed by atoms with van der Waals surface area (Å²) in [6.07, 6.45) is 2.62. The van der Waals surface area contributed by atoms with Crippen molar-refractivity contribution in [3.63, 3.8) is 0 Å². The Morgan fingerprint density at radius 1 is 1.37 bits per heavy atom. The van der Waals surface area contributed by atoms with Gasteiger partial charge in [-0.3, -0.25) is 4.79 Å². The second kappa shape index (κ2) is 6.26. The molecule has 0 amide bonds. The summed E-state index contributed by atoms with van der Waals surface area (Å²) in [6, 6.07) is 0.567. The summed E-state index contributed by atoms with van der Waals surface area (Å²) in [5.74, 6) is -1.16. The summed E-state index contributed by atoms with van der Waals surface area (Å²) < 4.78 is 30.8. The highest BCUT2D eigenvalue weighted by molar-refractivity contribution is 5.95. The Hall–Kier alpha value is -2.48. The van der Waals surface area contributed by atoms with Crippen molar-refractivity contribution in [3.8, 4) is 0 Å². The van der Waals surface area contributed by atoms with Crippen molar-refractivity contribution >= 4 is 22.6 Å². The van der Waals surface area contributed by atoms with Gasteiger partial charge in [-0.15, -0.1) is 0 Å². The van der Waals surface area contributed by atoms with Crippen molar-refractivity contribution < 1.29 is 18.7 Å². The van der Waals surface area contributed by atoms with E-state index >= 15 is 4.39 Å². The second-order valence-electron chi connectivity index (χ2n) is 9.46. The Morgan fingerprint density at radius 2 is 2.03 bits per heavy atom. The van der Waals surface area contributed by atoms with E-state index in [4.69, 9.17) is 5.73 Å². The number of carboxylic acids is 1. The summed E-state index contributed by atoms with van der Waals surface area (Å²) in [6.45, 7) is 4.83. The molecule has 5 rings (SSSR count). The number of benzene rings is 1. The predicted molar refractivity (Wildman–Crippen MR) is 109 cm³/mol. The van der Waals surface area contributed by atoms with Crippen molar-refractivity contribution in [2.24, 2.45) is 17.6 Å². The molecule has 0 bridgehead atoms. The fourth-order valence-electron chi connectivity index (χ4n) is 5.31. The number of carboxylic acid groups (broad SMARTS) is 1. The maximum atomic E-state index is 15.3. The molecule has 1 aromatic heterocycles. The minimum atomic E-state index is -1.40. The van der Waals surface area contributed by atoms with Crippen LogP contribution in [0.5, 0.6) is 0 Å².